The maximum Gasteiger partial charge on any atom is 0.127 e. The minimum absolute atomic E-state index is 0.395. The second-order valence-electron chi connectivity index (χ2n) is 4.53. The van der Waals surface area contributed by atoms with Crippen molar-refractivity contribution in [3.63, 3.8) is 0 Å². The summed E-state index contributed by atoms with van der Waals surface area (Å²) >= 11 is 0. The molecule has 14 heavy (non-hydrogen) atoms. The Morgan fingerprint density at radius 1 is 1.29 bits per heavy atom. The first-order chi connectivity index (χ1) is 6.93. The normalized spacial score (nSPS) is 41.1. The first-order valence-electron chi connectivity index (χ1n) is 5.38. The zero-order valence-electron chi connectivity index (χ0n) is 7.94. The number of rotatable bonds is 0. The van der Waals surface area contributed by atoms with Crippen LogP contribution in [-0.4, -0.2) is 6.10 Å². The molecule has 1 saturated carbocycles. The van der Waals surface area contributed by atoms with Crippen LogP contribution < -0.4 is 0 Å². The average Bonchev–Trinajstić information content (AvgIpc) is 2.88. The highest BCUT2D eigenvalue weighted by Crippen LogP contribution is 2.52. The number of fused-ring (bicyclic) bond motifs is 6. The van der Waals surface area contributed by atoms with Gasteiger partial charge < -0.3 is 4.74 Å². The van der Waals surface area contributed by atoms with Gasteiger partial charge in [0.2, 0.25) is 0 Å². The summed E-state index contributed by atoms with van der Waals surface area (Å²) in [5.74, 6) is 2.50. The van der Waals surface area contributed by atoms with Gasteiger partial charge in [0.15, 0.2) is 0 Å². The Kier molecular flexibility index (Phi) is 1.13. The zero-order chi connectivity index (χ0) is 9.12. The molecule has 1 fully saturated rings. The van der Waals surface area contributed by atoms with Crippen molar-refractivity contribution in [2.75, 3.05) is 0 Å². The smallest absolute Gasteiger partial charge is 0.127 e. The minimum Gasteiger partial charge on any atom is -0.485 e. The molecule has 0 spiro atoms. The van der Waals surface area contributed by atoms with Crippen molar-refractivity contribution < 1.29 is 4.74 Å². The summed E-state index contributed by atoms with van der Waals surface area (Å²) in [6.45, 7) is 0. The molecule has 0 saturated heterocycles. The van der Waals surface area contributed by atoms with E-state index in [4.69, 9.17) is 4.74 Å². The van der Waals surface area contributed by atoms with Gasteiger partial charge in [-0.15, -0.1) is 0 Å². The van der Waals surface area contributed by atoms with Gasteiger partial charge in [0, 0.05) is 17.4 Å². The third kappa shape index (κ3) is 0.682. The third-order valence-electron chi connectivity index (χ3n) is 3.82. The Balaban J connectivity index is 1.91. The number of allylic oxidation sites excluding steroid dienone is 5. The van der Waals surface area contributed by atoms with Crippen LogP contribution in [0.2, 0.25) is 0 Å². The van der Waals surface area contributed by atoms with E-state index >= 15 is 0 Å². The van der Waals surface area contributed by atoms with Gasteiger partial charge in [-0.25, -0.2) is 0 Å². The minimum atomic E-state index is 0.395. The van der Waals surface area contributed by atoms with Gasteiger partial charge in [-0.2, -0.15) is 0 Å². The summed E-state index contributed by atoms with van der Waals surface area (Å²) < 4.78 is 6.01. The van der Waals surface area contributed by atoms with Gasteiger partial charge in [0.1, 0.15) is 11.9 Å². The molecule has 1 heterocycles. The Hall–Kier alpha value is -1.24. The Bertz CT molecular complexity index is 423. The lowest BCUT2D eigenvalue weighted by molar-refractivity contribution is 0.149. The fraction of sp³-hybridized carbons (Fsp3) is 0.385. The quantitative estimate of drug-likeness (QED) is 0.526. The molecule has 0 aromatic heterocycles. The summed E-state index contributed by atoms with van der Waals surface area (Å²) in [4.78, 5) is 0. The molecular formula is C13H12O. The molecule has 4 aliphatic rings. The lowest BCUT2D eigenvalue weighted by atomic mass is 9.92. The average molecular weight is 184 g/mol. The van der Waals surface area contributed by atoms with Crippen molar-refractivity contribution in [2.45, 2.75) is 18.9 Å². The van der Waals surface area contributed by atoms with Crippen molar-refractivity contribution >= 4 is 0 Å². The van der Waals surface area contributed by atoms with Gasteiger partial charge >= 0.3 is 0 Å². The van der Waals surface area contributed by atoms with Crippen LogP contribution in [0, 0.1) is 11.8 Å². The van der Waals surface area contributed by atoms with E-state index in [1.54, 1.807) is 5.57 Å². The molecular weight excluding hydrogens is 172 g/mol. The van der Waals surface area contributed by atoms with Gasteiger partial charge in [-0.3, -0.25) is 0 Å². The number of hydrogen-bond donors (Lipinski definition) is 0. The summed E-state index contributed by atoms with van der Waals surface area (Å²) in [7, 11) is 0. The largest absolute Gasteiger partial charge is 0.485 e. The maximum atomic E-state index is 6.01. The Morgan fingerprint density at radius 3 is 3.29 bits per heavy atom. The molecule has 1 nitrogen and oxygen atoms in total. The molecule has 0 N–H and O–H groups in total. The Labute approximate surface area is 83.5 Å². The van der Waals surface area contributed by atoms with E-state index in [0.717, 1.165) is 12.2 Å². The highest BCUT2D eigenvalue weighted by molar-refractivity contribution is 5.50. The van der Waals surface area contributed by atoms with E-state index < -0.39 is 0 Å². The molecule has 0 aromatic rings. The molecule has 0 aromatic carbocycles. The first-order valence-corrected chi connectivity index (χ1v) is 5.38. The van der Waals surface area contributed by atoms with Crippen LogP contribution in [0.25, 0.3) is 0 Å². The highest BCUT2D eigenvalue weighted by Gasteiger charge is 2.47. The fourth-order valence-electron chi connectivity index (χ4n) is 3.22. The van der Waals surface area contributed by atoms with E-state index in [1.807, 2.05) is 0 Å². The van der Waals surface area contributed by atoms with E-state index in [-0.39, 0.29) is 0 Å². The maximum absolute atomic E-state index is 6.01. The fourth-order valence-corrected chi connectivity index (χ4v) is 3.22. The molecule has 3 atom stereocenters. The van der Waals surface area contributed by atoms with Crippen molar-refractivity contribution in [1.29, 1.82) is 0 Å². The summed E-state index contributed by atoms with van der Waals surface area (Å²) in [6.07, 6.45) is 13.9. The second-order valence-corrected chi connectivity index (χ2v) is 4.53. The van der Waals surface area contributed by atoms with Gasteiger partial charge in [0.05, 0.1) is 0 Å². The highest BCUT2D eigenvalue weighted by atomic mass is 16.5. The molecule has 2 bridgehead atoms. The van der Waals surface area contributed by atoms with Crippen molar-refractivity contribution in [1.82, 2.24) is 0 Å². The molecule has 70 valence electrons. The number of ether oxygens (including phenoxy) is 1. The van der Waals surface area contributed by atoms with Crippen molar-refractivity contribution in [3.05, 3.63) is 47.3 Å². The SMILES string of the molecule is C1=CCC2=C3C4C=CC(C4)C3OC2=C1. The van der Waals surface area contributed by atoms with E-state index in [0.29, 0.717) is 17.9 Å². The van der Waals surface area contributed by atoms with Crippen LogP contribution in [0.1, 0.15) is 12.8 Å². The van der Waals surface area contributed by atoms with Crippen molar-refractivity contribution in [2.24, 2.45) is 11.8 Å². The number of hydrogen-bond acceptors (Lipinski definition) is 1. The van der Waals surface area contributed by atoms with E-state index in [9.17, 15) is 0 Å². The molecule has 0 radical (unpaired) electrons. The van der Waals surface area contributed by atoms with E-state index in [2.05, 4.69) is 30.4 Å². The van der Waals surface area contributed by atoms with Crippen LogP contribution in [0.4, 0.5) is 0 Å². The van der Waals surface area contributed by atoms with Crippen LogP contribution in [-0.2, 0) is 4.74 Å². The summed E-state index contributed by atoms with van der Waals surface area (Å²) in [5.41, 5.74) is 3.07. The molecule has 0 amide bonds. The van der Waals surface area contributed by atoms with Gasteiger partial charge in [0.25, 0.3) is 0 Å². The Morgan fingerprint density at radius 2 is 2.29 bits per heavy atom. The van der Waals surface area contributed by atoms with Crippen LogP contribution in [0.5, 0.6) is 0 Å². The molecule has 1 aliphatic heterocycles. The predicted octanol–water partition coefficient (Wildman–Crippen LogP) is 2.73. The van der Waals surface area contributed by atoms with Gasteiger partial charge in [-0.05, 0) is 24.5 Å². The summed E-state index contributed by atoms with van der Waals surface area (Å²) in [6, 6.07) is 0. The summed E-state index contributed by atoms with van der Waals surface area (Å²) in [5, 5.41) is 0. The lowest BCUT2D eigenvalue weighted by Gasteiger charge is -2.15. The molecule has 1 heteroatoms. The third-order valence-corrected chi connectivity index (χ3v) is 3.82. The monoisotopic (exact) mass is 184 g/mol. The van der Waals surface area contributed by atoms with E-state index in [1.165, 1.54) is 12.0 Å². The topological polar surface area (TPSA) is 9.23 Å². The lowest BCUT2D eigenvalue weighted by Crippen LogP contribution is -2.14. The molecule has 3 unspecified atom stereocenters. The predicted molar refractivity (Wildman–Crippen MR) is 54.5 cm³/mol. The van der Waals surface area contributed by atoms with Crippen LogP contribution >= 0.6 is 0 Å². The second kappa shape index (κ2) is 2.22. The van der Waals surface area contributed by atoms with Crippen LogP contribution in [0.3, 0.4) is 0 Å². The first kappa shape index (κ1) is 7.10. The van der Waals surface area contributed by atoms with Crippen LogP contribution in [0.15, 0.2) is 47.3 Å². The van der Waals surface area contributed by atoms with Gasteiger partial charge in [-0.1, -0.05) is 24.3 Å². The van der Waals surface area contributed by atoms with Crippen molar-refractivity contribution in [3.8, 4) is 0 Å². The standard InChI is InChI=1S/C13H12O/c1-2-4-11-10(3-1)12-8-5-6-9(7-8)13(12)14-11/h1-2,4-6,8-9,13H,3,7H2. The molecule has 4 rings (SSSR count). The molecule has 3 aliphatic carbocycles. The zero-order valence-corrected chi connectivity index (χ0v) is 7.94.